The van der Waals surface area contributed by atoms with E-state index in [9.17, 15) is 8.42 Å². The summed E-state index contributed by atoms with van der Waals surface area (Å²) in [7, 11) is -3.76. The van der Waals surface area contributed by atoms with E-state index in [1.807, 2.05) is 38.1 Å². The van der Waals surface area contributed by atoms with Gasteiger partial charge in [-0.15, -0.1) is 0 Å². The molecule has 2 aromatic carbocycles. The third-order valence-corrected chi connectivity index (χ3v) is 5.81. The number of nitrogens with one attached hydrogen (secondary N) is 1. The molecule has 0 aliphatic heterocycles. The van der Waals surface area contributed by atoms with Crippen molar-refractivity contribution in [2.24, 2.45) is 5.10 Å². The molecule has 0 fully saturated rings. The number of rotatable bonds is 10. The van der Waals surface area contributed by atoms with Crippen LogP contribution in [0.2, 0.25) is 0 Å². The van der Waals surface area contributed by atoms with Crippen LogP contribution in [0.15, 0.2) is 40.3 Å². The smallest absolute Gasteiger partial charge is 0.277 e. The molecule has 158 valence electrons. The van der Waals surface area contributed by atoms with Crippen molar-refractivity contribution in [3.63, 3.8) is 0 Å². The van der Waals surface area contributed by atoms with Crippen LogP contribution in [0.25, 0.3) is 0 Å². The molecule has 0 spiro atoms. The largest absolute Gasteiger partial charge is 0.490 e. The van der Waals surface area contributed by atoms with Gasteiger partial charge in [0.1, 0.15) is 0 Å². The molecule has 0 unspecified atom stereocenters. The van der Waals surface area contributed by atoms with Crippen molar-refractivity contribution in [1.29, 1.82) is 0 Å². The number of hydrazone groups is 1. The Morgan fingerprint density at radius 3 is 2.31 bits per heavy atom. The van der Waals surface area contributed by atoms with Crippen LogP contribution in [-0.2, 0) is 10.0 Å². The van der Waals surface area contributed by atoms with Gasteiger partial charge in [-0.05, 0) is 69.0 Å². The number of ether oxygens (including phenoxy) is 2. The van der Waals surface area contributed by atoms with Gasteiger partial charge < -0.3 is 9.47 Å². The summed E-state index contributed by atoms with van der Waals surface area (Å²) in [5, 5.41) is 3.94. The van der Waals surface area contributed by atoms with E-state index in [4.69, 9.17) is 9.47 Å². The zero-order valence-corrected chi connectivity index (χ0v) is 18.6. The Labute approximate surface area is 174 Å². The van der Waals surface area contributed by atoms with E-state index in [0.717, 1.165) is 18.4 Å². The predicted molar refractivity (Wildman–Crippen MR) is 117 cm³/mol. The van der Waals surface area contributed by atoms with Gasteiger partial charge >= 0.3 is 0 Å². The number of unbranched alkanes of at least 4 members (excludes halogenated alkanes) is 1. The summed E-state index contributed by atoms with van der Waals surface area (Å²) in [6.07, 6.45) is 3.47. The monoisotopic (exact) mass is 418 g/mol. The van der Waals surface area contributed by atoms with E-state index in [2.05, 4.69) is 16.9 Å². The van der Waals surface area contributed by atoms with Gasteiger partial charge in [0.05, 0.1) is 24.3 Å². The normalized spacial score (nSPS) is 11.6. The maximum absolute atomic E-state index is 12.7. The molecule has 0 radical (unpaired) electrons. The van der Waals surface area contributed by atoms with Gasteiger partial charge in [0.25, 0.3) is 10.0 Å². The fourth-order valence-electron chi connectivity index (χ4n) is 3.13. The molecule has 0 aliphatic carbocycles. The lowest BCUT2D eigenvalue weighted by Gasteiger charge is -2.12. The van der Waals surface area contributed by atoms with Crippen molar-refractivity contribution in [1.82, 2.24) is 4.83 Å². The molecule has 29 heavy (non-hydrogen) atoms. The van der Waals surface area contributed by atoms with E-state index < -0.39 is 10.0 Å². The van der Waals surface area contributed by atoms with Crippen LogP contribution in [0.1, 0.15) is 48.9 Å². The van der Waals surface area contributed by atoms with E-state index in [-0.39, 0.29) is 4.90 Å². The minimum Gasteiger partial charge on any atom is -0.490 e. The Morgan fingerprint density at radius 1 is 1.00 bits per heavy atom. The molecule has 0 saturated carbocycles. The Hall–Kier alpha value is -2.54. The first kappa shape index (κ1) is 22.7. The zero-order valence-electron chi connectivity index (χ0n) is 17.8. The van der Waals surface area contributed by atoms with Crippen molar-refractivity contribution in [2.45, 2.75) is 52.4 Å². The van der Waals surface area contributed by atoms with Crippen LogP contribution in [0, 0.1) is 20.8 Å². The highest BCUT2D eigenvalue weighted by Crippen LogP contribution is 2.28. The van der Waals surface area contributed by atoms with E-state index in [1.54, 1.807) is 19.9 Å². The van der Waals surface area contributed by atoms with Gasteiger partial charge in [-0.2, -0.15) is 13.5 Å². The molecule has 2 aromatic rings. The molecule has 7 heteroatoms. The highest BCUT2D eigenvalue weighted by Gasteiger charge is 2.19. The number of nitrogens with zero attached hydrogens (tertiary/aromatic N) is 1. The molecule has 0 heterocycles. The highest BCUT2D eigenvalue weighted by molar-refractivity contribution is 7.89. The summed E-state index contributed by atoms with van der Waals surface area (Å²) in [5.41, 5.74) is 3.11. The molecule has 0 atom stereocenters. The van der Waals surface area contributed by atoms with Crippen molar-refractivity contribution in [3.8, 4) is 11.5 Å². The fraction of sp³-hybridized carbons (Fsp3) is 0.409. The molecular formula is C22H30N2O4S. The number of hydrogen-bond acceptors (Lipinski definition) is 5. The molecule has 0 aromatic heterocycles. The molecule has 6 nitrogen and oxygen atoms in total. The topological polar surface area (TPSA) is 77.0 Å². The van der Waals surface area contributed by atoms with Crippen LogP contribution in [0.3, 0.4) is 0 Å². The number of sulfonamides is 1. The first-order chi connectivity index (χ1) is 13.8. The lowest BCUT2D eigenvalue weighted by Crippen LogP contribution is -2.20. The van der Waals surface area contributed by atoms with E-state index in [1.165, 1.54) is 6.21 Å². The maximum Gasteiger partial charge on any atom is 0.277 e. The summed E-state index contributed by atoms with van der Waals surface area (Å²) in [6.45, 7) is 10.6. The highest BCUT2D eigenvalue weighted by atomic mass is 32.2. The average Bonchev–Trinajstić information content (AvgIpc) is 2.62. The van der Waals surface area contributed by atoms with Gasteiger partial charge in [-0.1, -0.05) is 31.0 Å². The van der Waals surface area contributed by atoms with Crippen LogP contribution < -0.4 is 14.3 Å². The van der Waals surface area contributed by atoms with Crippen LogP contribution in [-0.4, -0.2) is 27.8 Å². The van der Waals surface area contributed by atoms with E-state index in [0.29, 0.717) is 41.4 Å². The van der Waals surface area contributed by atoms with E-state index >= 15 is 0 Å². The summed E-state index contributed by atoms with van der Waals surface area (Å²) in [6, 6.07) is 9.09. The van der Waals surface area contributed by atoms with Crippen molar-refractivity contribution < 1.29 is 17.9 Å². The first-order valence-corrected chi connectivity index (χ1v) is 11.3. The van der Waals surface area contributed by atoms with Crippen molar-refractivity contribution >= 4 is 16.2 Å². The third kappa shape index (κ3) is 6.22. The van der Waals surface area contributed by atoms with Crippen LogP contribution in [0.4, 0.5) is 0 Å². The Morgan fingerprint density at radius 2 is 1.69 bits per heavy atom. The van der Waals surface area contributed by atoms with Gasteiger partial charge in [0, 0.05) is 0 Å². The number of benzene rings is 2. The molecule has 0 saturated heterocycles. The minimum atomic E-state index is -3.76. The molecular weight excluding hydrogens is 388 g/mol. The second-order valence-electron chi connectivity index (χ2n) is 6.92. The second-order valence-corrected chi connectivity index (χ2v) is 8.52. The third-order valence-electron chi connectivity index (χ3n) is 4.28. The van der Waals surface area contributed by atoms with Gasteiger partial charge in [0.15, 0.2) is 11.5 Å². The zero-order chi connectivity index (χ0) is 21.4. The molecule has 2 rings (SSSR count). The molecule has 0 bridgehead atoms. The number of aryl methyl sites for hydroxylation is 3. The van der Waals surface area contributed by atoms with Crippen molar-refractivity contribution in [3.05, 3.63) is 52.6 Å². The quantitative estimate of drug-likeness (QED) is 0.350. The summed E-state index contributed by atoms with van der Waals surface area (Å²) in [4.78, 5) is 2.56. The van der Waals surface area contributed by atoms with Crippen LogP contribution >= 0.6 is 0 Å². The molecule has 0 aliphatic rings. The Bertz CT molecular complexity index is 946. The van der Waals surface area contributed by atoms with Gasteiger partial charge in [0.2, 0.25) is 0 Å². The average molecular weight is 419 g/mol. The fourth-order valence-corrected chi connectivity index (χ4v) is 4.37. The van der Waals surface area contributed by atoms with Crippen molar-refractivity contribution in [2.75, 3.05) is 13.2 Å². The Balaban J connectivity index is 2.18. The maximum atomic E-state index is 12.7. The molecule has 0 amide bonds. The predicted octanol–water partition coefficient (Wildman–Crippen LogP) is 4.50. The second kappa shape index (κ2) is 10.3. The SMILES string of the molecule is CCCCOc1ccc(/C=N/NS(=O)(=O)c2c(C)cc(C)cc2C)cc1OCC. The molecule has 1 N–H and O–H groups in total. The standard InChI is InChI=1S/C22H30N2O4S/c1-6-8-11-28-20-10-9-19(14-21(20)27-7-2)15-23-24-29(25,26)22-17(4)12-16(3)13-18(22)5/h9-10,12-15,24H,6-8,11H2,1-5H3/b23-15+. The first-order valence-electron chi connectivity index (χ1n) is 9.80. The van der Waals surface area contributed by atoms with Gasteiger partial charge in [-0.3, -0.25) is 0 Å². The van der Waals surface area contributed by atoms with Gasteiger partial charge in [-0.25, -0.2) is 4.83 Å². The van der Waals surface area contributed by atoms with Crippen LogP contribution in [0.5, 0.6) is 11.5 Å². The summed E-state index contributed by atoms with van der Waals surface area (Å²) in [5.74, 6) is 1.28. The lowest BCUT2D eigenvalue weighted by atomic mass is 10.1. The number of hydrogen-bond donors (Lipinski definition) is 1. The minimum absolute atomic E-state index is 0.259. The summed E-state index contributed by atoms with van der Waals surface area (Å²) < 4.78 is 36.8. The lowest BCUT2D eigenvalue weighted by molar-refractivity contribution is 0.272. The Kier molecular flexibility index (Phi) is 8.08. The summed E-state index contributed by atoms with van der Waals surface area (Å²) >= 11 is 0.